The van der Waals surface area contributed by atoms with Gasteiger partial charge in [0.2, 0.25) is 0 Å². The van der Waals surface area contributed by atoms with Crippen molar-refractivity contribution >= 4 is 5.96 Å². The number of guanidine groups is 1. The standard InChI is InChI=1S/C17H26F3N3O/c1-2-24-13-5-12-23-16(21)22-11-4-3-6-14-7-9-15(10-8-14)17(18,19)20/h7-10H,2-6,11-13H2,1H3,(H3,21,22,23). The fraction of sp³-hybridized carbons (Fsp3) is 0.588. The number of unbranched alkanes of at least 4 members (excludes halogenated alkanes) is 1. The van der Waals surface area contributed by atoms with Crippen LogP contribution >= 0.6 is 0 Å². The molecule has 0 aliphatic heterocycles. The first-order valence-corrected chi connectivity index (χ1v) is 8.21. The first-order valence-electron chi connectivity index (χ1n) is 8.21. The lowest BCUT2D eigenvalue weighted by molar-refractivity contribution is -0.137. The molecule has 24 heavy (non-hydrogen) atoms. The second kappa shape index (κ2) is 10.9. The topological polar surface area (TPSA) is 59.6 Å². The Hall–Kier alpha value is -1.76. The molecule has 3 N–H and O–H groups in total. The largest absolute Gasteiger partial charge is 0.416 e. The fourth-order valence-corrected chi connectivity index (χ4v) is 2.10. The SMILES string of the molecule is CCOCCCN=C(N)NCCCCc1ccc(C(F)(F)F)cc1. The molecule has 0 amide bonds. The van der Waals surface area contributed by atoms with Crippen molar-refractivity contribution in [1.82, 2.24) is 5.32 Å². The molecule has 0 saturated heterocycles. The van der Waals surface area contributed by atoms with Crippen molar-refractivity contribution < 1.29 is 17.9 Å². The third-order valence-electron chi connectivity index (χ3n) is 3.41. The number of benzene rings is 1. The highest BCUT2D eigenvalue weighted by molar-refractivity contribution is 5.77. The molecule has 0 heterocycles. The summed E-state index contributed by atoms with van der Waals surface area (Å²) in [5, 5.41) is 3.03. The van der Waals surface area contributed by atoms with Gasteiger partial charge in [-0.15, -0.1) is 0 Å². The predicted octanol–water partition coefficient (Wildman–Crippen LogP) is 3.36. The van der Waals surface area contributed by atoms with Crippen LogP contribution in [0.1, 0.15) is 37.3 Å². The van der Waals surface area contributed by atoms with E-state index in [1.165, 1.54) is 12.1 Å². The summed E-state index contributed by atoms with van der Waals surface area (Å²) in [6, 6.07) is 5.32. The van der Waals surface area contributed by atoms with Crippen LogP contribution in [0, 0.1) is 0 Å². The fourth-order valence-electron chi connectivity index (χ4n) is 2.10. The molecule has 0 atom stereocenters. The lowest BCUT2D eigenvalue weighted by Gasteiger charge is -2.08. The second-order valence-electron chi connectivity index (χ2n) is 5.40. The molecule has 0 radical (unpaired) electrons. The summed E-state index contributed by atoms with van der Waals surface area (Å²) in [5.74, 6) is 0.418. The zero-order chi connectivity index (χ0) is 17.8. The van der Waals surface area contributed by atoms with Crippen LogP contribution < -0.4 is 11.1 Å². The van der Waals surface area contributed by atoms with Crippen LogP contribution in [0.5, 0.6) is 0 Å². The van der Waals surface area contributed by atoms with Crippen molar-refractivity contribution in [2.45, 2.75) is 38.8 Å². The molecule has 7 heteroatoms. The Balaban J connectivity index is 2.14. The smallest absolute Gasteiger partial charge is 0.382 e. The average Bonchev–Trinajstić information content (AvgIpc) is 2.54. The van der Waals surface area contributed by atoms with Crippen LogP contribution in [-0.4, -0.2) is 32.3 Å². The number of alkyl halides is 3. The van der Waals surface area contributed by atoms with Gasteiger partial charge in [-0.25, -0.2) is 0 Å². The summed E-state index contributed by atoms with van der Waals surface area (Å²) in [4.78, 5) is 4.18. The van der Waals surface area contributed by atoms with Crippen LogP contribution in [-0.2, 0) is 17.3 Å². The number of nitrogens with two attached hydrogens (primary N) is 1. The van der Waals surface area contributed by atoms with Gasteiger partial charge in [-0.05, 0) is 50.3 Å². The quantitative estimate of drug-likeness (QED) is 0.388. The molecule has 1 rings (SSSR count). The van der Waals surface area contributed by atoms with Crippen molar-refractivity contribution in [2.75, 3.05) is 26.3 Å². The summed E-state index contributed by atoms with van der Waals surface area (Å²) >= 11 is 0. The molecule has 1 aromatic rings. The Labute approximate surface area is 141 Å². The summed E-state index contributed by atoms with van der Waals surface area (Å²) in [6.07, 6.45) is -0.955. The van der Waals surface area contributed by atoms with E-state index in [1.807, 2.05) is 6.92 Å². The molecular weight excluding hydrogens is 319 g/mol. The molecule has 0 spiro atoms. The first-order chi connectivity index (χ1) is 11.4. The summed E-state index contributed by atoms with van der Waals surface area (Å²) in [6.45, 7) is 4.66. The van der Waals surface area contributed by atoms with Crippen molar-refractivity contribution in [3.8, 4) is 0 Å². The molecule has 0 unspecified atom stereocenters. The Kier molecular flexibility index (Phi) is 9.22. The van der Waals surface area contributed by atoms with Gasteiger partial charge in [0.1, 0.15) is 0 Å². The lowest BCUT2D eigenvalue weighted by atomic mass is 10.1. The summed E-state index contributed by atoms with van der Waals surface area (Å²) in [5.41, 5.74) is 6.02. The van der Waals surface area contributed by atoms with Crippen LogP contribution in [0.4, 0.5) is 13.2 Å². The predicted molar refractivity (Wildman–Crippen MR) is 90.0 cm³/mol. The van der Waals surface area contributed by atoms with E-state index in [0.29, 0.717) is 32.3 Å². The van der Waals surface area contributed by atoms with Crippen molar-refractivity contribution in [3.05, 3.63) is 35.4 Å². The van der Waals surface area contributed by atoms with E-state index >= 15 is 0 Å². The number of hydrogen-bond donors (Lipinski definition) is 2. The minimum atomic E-state index is -4.28. The van der Waals surface area contributed by atoms with E-state index in [0.717, 1.165) is 43.4 Å². The highest BCUT2D eigenvalue weighted by atomic mass is 19.4. The number of aryl methyl sites for hydroxylation is 1. The van der Waals surface area contributed by atoms with Crippen molar-refractivity contribution in [1.29, 1.82) is 0 Å². The number of halogens is 3. The molecule has 4 nitrogen and oxygen atoms in total. The van der Waals surface area contributed by atoms with E-state index in [4.69, 9.17) is 10.5 Å². The number of nitrogens with one attached hydrogen (secondary N) is 1. The Morgan fingerprint density at radius 1 is 1.17 bits per heavy atom. The van der Waals surface area contributed by atoms with Gasteiger partial charge in [0, 0.05) is 26.3 Å². The first kappa shape index (κ1) is 20.3. The second-order valence-corrected chi connectivity index (χ2v) is 5.40. The maximum Gasteiger partial charge on any atom is 0.416 e. The van der Waals surface area contributed by atoms with Crippen LogP contribution in [0.25, 0.3) is 0 Å². The molecule has 0 aliphatic carbocycles. The van der Waals surface area contributed by atoms with Gasteiger partial charge in [-0.1, -0.05) is 12.1 Å². The Morgan fingerprint density at radius 3 is 2.50 bits per heavy atom. The van der Waals surface area contributed by atoms with Gasteiger partial charge in [0.25, 0.3) is 0 Å². The van der Waals surface area contributed by atoms with Gasteiger partial charge in [-0.3, -0.25) is 4.99 Å². The highest BCUT2D eigenvalue weighted by Gasteiger charge is 2.29. The monoisotopic (exact) mass is 345 g/mol. The number of hydrogen-bond acceptors (Lipinski definition) is 2. The zero-order valence-electron chi connectivity index (χ0n) is 14.0. The van der Waals surface area contributed by atoms with E-state index in [9.17, 15) is 13.2 Å². The van der Waals surface area contributed by atoms with Gasteiger partial charge in [0.05, 0.1) is 5.56 Å². The minimum Gasteiger partial charge on any atom is -0.382 e. The van der Waals surface area contributed by atoms with Gasteiger partial charge < -0.3 is 15.8 Å². The van der Waals surface area contributed by atoms with Crippen LogP contribution in [0.3, 0.4) is 0 Å². The summed E-state index contributed by atoms with van der Waals surface area (Å²) in [7, 11) is 0. The third kappa shape index (κ3) is 8.76. The Bertz CT molecular complexity index is 487. The third-order valence-corrected chi connectivity index (χ3v) is 3.41. The normalized spacial score (nSPS) is 12.4. The Morgan fingerprint density at radius 2 is 1.88 bits per heavy atom. The van der Waals surface area contributed by atoms with Gasteiger partial charge in [0.15, 0.2) is 5.96 Å². The molecule has 136 valence electrons. The number of ether oxygens (including phenoxy) is 1. The van der Waals surface area contributed by atoms with E-state index in [-0.39, 0.29) is 0 Å². The maximum atomic E-state index is 12.5. The molecule has 1 aromatic carbocycles. The van der Waals surface area contributed by atoms with Gasteiger partial charge >= 0.3 is 6.18 Å². The van der Waals surface area contributed by atoms with E-state index in [1.54, 1.807) is 0 Å². The minimum absolute atomic E-state index is 0.418. The molecule has 0 bridgehead atoms. The maximum absolute atomic E-state index is 12.5. The average molecular weight is 345 g/mol. The molecule has 0 fully saturated rings. The zero-order valence-corrected chi connectivity index (χ0v) is 14.0. The van der Waals surface area contributed by atoms with Gasteiger partial charge in [-0.2, -0.15) is 13.2 Å². The molecular formula is C17H26F3N3O. The van der Waals surface area contributed by atoms with Crippen LogP contribution in [0.2, 0.25) is 0 Å². The number of nitrogens with zero attached hydrogens (tertiary/aromatic N) is 1. The van der Waals surface area contributed by atoms with E-state index < -0.39 is 11.7 Å². The van der Waals surface area contributed by atoms with Crippen molar-refractivity contribution in [2.24, 2.45) is 10.7 Å². The molecule has 0 saturated carbocycles. The molecule has 0 aliphatic rings. The molecule has 0 aromatic heterocycles. The number of aliphatic imine (C=N–C) groups is 1. The summed E-state index contributed by atoms with van der Waals surface area (Å²) < 4.78 is 42.6. The highest BCUT2D eigenvalue weighted by Crippen LogP contribution is 2.29. The van der Waals surface area contributed by atoms with E-state index in [2.05, 4.69) is 10.3 Å². The lowest BCUT2D eigenvalue weighted by Crippen LogP contribution is -2.32. The van der Waals surface area contributed by atoms with Crippen LogP contribution in [0.15, 0.2) is 29.3 Å². The number of rotatable bonds is 10. The van der Waals surface area contributed by atoms with Crippen molar-refractivity contribution in [3.63, 3.8) is 0 Å².